The summed E-state index contributed by atoms with van der Waals surface area (Å²) in [5.41, 5.74) is 9.22. The van der Waals surface area contributed by atoms with Gasteiger partial charge in [0.2, 0.25) is 5.91 Å². The third kappa shape index (κ3) is 3.19. The number of hydrogen-bond acceptors (Lipinski definition) is 3. The van der Waals surface area contributed by atoms with Crippen LogP contribution in [-0.2, 0) is 22.4 Å². The lowest BCUT2D eigenvalue weighted by Gasteiger charge is -2.34. The molecule has 130 valence electrons. The van der Waals surface area contributed by atoms with E-state index in [9.17, 15) is 4.79 Å². The van der Waals surface area contributed by atoms with Crippen LogP contribution in [0.15, 0.2) is 24.4 Å². The fraction of sp³-hybridized carbons (Fsp3) is 0.526. The van der Waals surface area contributed by atoms with Gasteiger partial charge in [0, 0.05) is 43.4 Å². The smallest absolute Gasteiger partial charge is 0.227 e. The van der Waals surface area contributed by atoms with Crippen molar-refractivity contribution in [3.05, 3.63) is 35.5 Å². The van der Waals surface area contributed by atoms with Gasteiger partial charge in [0.25, 0.3) is 0 Å². The van der Waals surface area contributed by atoms with E-state index in [0.717, 1.165) is 12.8 Å². The number of carbonyl (C=O) groups excluding carboxylic acids is 1. The monoisotopic (exact) mass is 329 g/mol. The molecule has 0 unspecified atom stereocenters. The van der Waals surface area contributed by atoms with Gasteiger partial charge in [0.1, 0.15) is 0 Å². The van der Waals surface area contributed by atoms with Gasteiger partial charge < -0.3 is 20.8 Å². The Morgan fingerprint density at radius 1 is 1.33 bits per heavy atom. The average Bonchev–Trinajstić information content (AvgIpc) is 3.05. The van der Waals surface area contributed by atoms with E-state index in [-0.39, 0.29) is 5.91 Å². The molecule has 1 saturated heterocycles. The summed E-state index contributed by atoms with van der Waals surface area (Å²) in [5.74, 6) is 0.0717. The van der Waals surface area contributed by atoms with Crippen molar-refractivity contribution in [1.29, 1.82) is 0 Å². The molecule has 0 aliphatic carbocycles. The van der Waals surface area contributed by atoms with Crippen molar-refractivity contribution in [3.8, 4) is 0 Å². The first-order valence-electron chi connectivity index (χ1n) is 8.84. The molecule has 24 heavy (non-hydrogen) atoms. The highest BCUT2D eigenvalue weighted by atomic mass is 16.5. The number of nitrogens with two attached hydrogens (primary N) is 1. The maximum absolute atomic E-state index is 12.6. The molecule has 3 rings (SSSR count). The molecule has 1 aliphatic heterocycles. The zero-order valence-electron chi connectivity index (χ0n) is 14.4. The molecule has 0 spiro atoms. The zero-order chi connectivity index (χ0) is 17.0. The predicted molar refractivity (Wildman–Crippen MR) is 95.9 cm³/mol. The Morgan fingerprint density at radius 2 is 2.12 bits per heavy atom. The Kier molecular flexibility index (Phi) is 5.21. The summed E-state index contributed by atoms with van der Waals surface area (Å²) in [5, 5.41) is 4.34. The molecule has 0 radical (unpaired) electrons. The fourth-order valence-electron chi connectivity index (χ4n) is 3.56. The van der Waals surface area contributed by atoms with E-state index < -0.39 is 5.41 Å². The number of carbonyl (C=O) groups is 1. The maximum Gasteiger partial charge on any atom is 0.227 e. The molecule has 1 amide bonds. The number of aromatic amines is 1. The minimum atomic E-state index is -0.451. The van der Waals surface area contributed by atoms with Gasteiger partial charge in [0.05, 0.1) is 5.41 Å². The van der Waals surface area contributed by atoms with Gasteiger partial charge in [-0.3, -0.25) is 4.79 Å². The van der Waals surface area contributed by atoms with Gasteiger partial charge in [-0.25, -0.2) is 0 Å². The van der Waals surface area contributed by atoms with Crippen LogP contribution in [0.25, 0.3) is 10.9 Å². The molecular formula is C19H27N3O2. The van der Waals surface area contributed by atoms with Crippen LogP contribution in [0.3, 0.4) is 0 Å². The number of H-pyrrole nitrogens is 1. The van der Waals surface area contributed by atoms with E-state index in [1.807, 2.05) is 0 Å². The zero-order valence-corrected chi connectivity index (χ0v) is 14.4. The van der Waals surface area contributed by atoms with Gasteiger partial charge in [-0.05, 0) is 36.8 Å². The van der Waals surface area contributed by atoms with Crippen molar-refractivity contribution in [1.82, 2.24) is 10.3 Å². The first-order chi connectivity index (χ1) is 11.7. The Morgan fingerprint density at radius 3 is 2.83 bits per heavy atom. The number of fused-ring (bicyclic) bond motifs is 1. The number of rotatable bonds is 6. The third-order valence-corrected chi connectivity index (χ3v) is 5.27. The van der Waals surface area contributed by atoms with Gasteiger partial charge in [-0.1, -0.05) is 25.1 Å². The normalized spacial score (nSPS) is 17.1. The average molecular weight is 329 g/mol. The Labute approximate surface area is 142 Å². The number of nitrogens with one attached hydrogen (secondary N) is 2. The first kappa shape index (κ1) is 17.0. The standard InChI is InChI=1S/C19H27N3O2/c1-2-14-4-3-5-16-15(12-22-17(14)16)6-9-21-18(23)19(13-20)7-10-24-11-8-19/h3-5,12,22H,2,6-11,13,20H2,1H3,(H,21,23). The number of para-hydroxylation sites is 1. The van der Waals surface area contributed by atoms with Crippen LogP contribution in [0.4, 0.5) is 0 Å². The second-order valence-corrected chi connectivity index (χ2v) is 6.61. The van der Waals surface area contributed by atoms with Crippen LogP contribution in [0.2, 0.25) is 0 Å². The highest BCUT2D eigenvalue weighted by Crippen LogP contribution is 2.29. The number of hydrogen-bond donors (Lipinski definition) is 3. The van der Waals surface area contributed by atoms with E-state index >= 15 is 0 Å². The highest BCUT2D eigenvalue weighted by molar-refractivity contribution is 5.86. The van der Waals surface area contributed by atoms with Crippen molar-refractivity contribution >= 4 is 16.8 Å². The Bertz CT molecular complexity index is 702. The third-order valence-electron chi connectivity index (χ3n) is 5.27. The largest absolute Gasteiger partial charge is 0.381 e. The summed E-state index contributed by atoms with van der Waals surface area (Å²) < 4.78 is 5.37. The molecule has 1 fully saturated rings. The molecular weight excluding hydrogens is 302 g/mol. The lowest BCUT2D eigenvalue weighted by atomic mass is 9.79. The van der Waals surface area contributed by atoms with Crippen LogP contribution in [0.1, 0.15) is 30.9 Å². The highest BCUT2D eigenvalue weighted by Gasteiger charge is 2.38. The lowest BCUT2D eigenvalue weighted by molar-refractivity contribution is -0.135. The van der Waals surface area contributed by atoms with Crippen molar-refractivity contribution in [2.24, 2.45) is 11.1 Å². The molecule has 2 heterocycles. The van der Waals surface area contributed by atoms with Crippen molar-refractivity contribution in [2.45, 2.75) is 32.6 Å². The van der Waals surface area contributed by atoms with Crippen LogP contribution in [0.5, 0.6) is 0 Å². The summed E-state index contributed by atoms with van der Waals surface area (Å²) in [6.07, 6.45) is 5.30. The minimum absolute atomic E-state index is 0.0717. The van der Waals surface area contributed by atoms with E-state index in [0.29, 0.717) is 39.1 Å². The quantitative estimate of drug-likeness (QED) is 0.759. The van der Waals surface area contributed by atoms with E-state index in [4.69, 9.17) is 10.5 Å². The molecule has 0 saturated carbocycles. The molecule has 5 heteroatoms. The van der Waals surface area contributed by atoms with Crippen LogP contribution < -0.4 is 11.1 Å². The Hall–Kier alpha value is -1.85. The van der Waals surface area contributed by atoms with Crippen LogP contribution in [-0.4, -0.2) is 37.2 Å². The topological polar surface area (TPSA) is 80.1 Å². The van der Waals surface area contributed by atoms with Crippen LogP contribution in [0, 0.1) is 5.41 Å². The fourth-order valence-corrected chi connectivity index (χ4v) is 3.56. The second-order valence-electron chi connectivity index (χ2n) is 6.61. The number of benzene rings is 1. The molecule has 5 nitrogen and oxygen atoms in total. The summed E-state index contributed by atoms with van der Waals surface area (Å²) in [7, 11) is 0. The number of ether oxygens (including phenoxy) is 1. The molecule has 0 atom stereocenters. The van der Waals surface area contributed by atoms with E-state index in [2.05, 4.69) is 41.6 Å². The molecule has 4 N–H and O–H groups in total. The van der Waals surface area contributed by atoms with Crippen LogP contribution >= 0.6 is 0 Å². The van der Waals surface area contributed by atoms with Crippen molar-refractivity contribution < 1.29 is 9.53 Å². The first-order valence-corrected chi connectivity index (χ1v) is 8.84. The van der Waals surface area contributed by atoms with E-state index in [1.54, 1.807) is 0 Å². The summed E-state index contributed by atoms with van der Waals surface area (Å²) in [6.45, 7) is 4.41. The lowest BCUT2D eigenvalue weighted by Crippen LogP contribution is -2.49. The summed E-state index contributed by atoms with van der Waals surface area (Å²) in [6, 6.07) is 6.39. The molecule has 1 aromatic heterocycles. The van der Waals surface area contributed by atoms with E-state index in [1.165, 1.54) is 22.0 Å². The number of aryl methyl sites for hydroxylation is 1. The van der Waals surface area contributed by atoms with Gasteiger partial charge >= 0.3 is 0 Å². The van der Waals surface area contributed by atoms with Gasteiger partial charge in [-0.2, -0.15) is 0 Å². The number of aromatic nitrogens is 1. The summed E-state index contributed by atoms with van der Waals surface area (Å²) in [4.78, 5) is 16.0. The molecule has 1 aliphatic rings. The van der Waals surface area contributed by atoms with Gasteiger partial charge in [0.15, 0.2) is 0 Å². The Balaban J connectivity index is 1.63. The maximum atomic E-state index is 12.6. The second kappa shape index (κ2) is 7.36. The molecule has 1 aromatic carbocycles. The minimum Gasteiger partial charge on any atom is -0.381 e. The van der Waals surface area contributed by atoms with Gasteiger partial charge in [-0.15, -0.1) is 0 Å². The summed E-state index contributed by atoms with van der Waals surface area (Å²) >= 11 is 0. The van der Waals surface area contributed by atoms with Crippen molar-refractivity contribution in [2.75, 3.05) is 26.3 Å². The molecule has 0 bridgehead atoms. The SMILES string of the molecule is CCc1cccc2c(CCNC(=O)C3(CN)CCOCC3)c[nH]c12. The number of amides is 1. The molecule has 2 aromatic rings. The van der Waals surface area contributed by atoms with Crippen molar-refractivity contribution in [3.63, 3.8) is 0 Å². The predicted octanol–water partition coefficient (Wildman–Crippen LogP) is 2.14.